The quantitative estimate of drug-likeness (QED) is 0.600. The standard InChI is InChI=1S/C8H9N5/c1-2-10-8-12-7-6(13(8)3-1)4-9-5-11-7/h1-3,9,11H,4-5H2. The van der Waals surface area contributed by atoms with Gasteiger partial charge in [0, 0.05) is 18.9 Å². The summed E-state index contributed by atoms with van der Waals surface area (Å²) in [6, 6.07) is 1.91. The van der Waals surface area contributed by atoms with Crippen LogP contribution < -0.4 is 10.6 Å². The third-order valence-electron chi connectivity index (χ3n) is 2.18. The first-order valence-corrected chi connectivity index (χ1v) is 4.22. The van der Waals surface area contributed by atoms with Crippen molar-refractivity contribution < 1.29 is 0 Å². The third-order valence-corrected chi connectivity index (χ3v) is 2.18. The van der Waals surface area contributed by atoms with Crippen molar-refractivity contribution in [1.29, 1.82) is 0 Å². The lowest BCUT2D eigenvalue weighted by atomic mass is 10.4. The molecule has 0 spiro atoms. The van der Waals surface area contributed by atoms with E-state index >= 15 is 0 Å². The Labute approximate surface area is 74.8 Å². The maximum Gasteiger partial charge on any atom is 0.236 e. The molecule has 0 amide bonds. The minimum atomic E-state index is 0.753. The highest BCUT2D eigenvalue weighted by atomic mass is 15.2. The molecule has 0 saturated heterocycles. The Bertz CT molecular complexity index is 447. The van der Waals surface area contributed by atoms with Gasteiger partial charge in [-0.1, -0.05) is 0 Å². The van der Waals surface area contributed by atoms with E-state index < -0.39 is 0 Å². The van der Waals surface area contributed by atoms with E-state index in [2.05, 4.69) is 20.6 Å². The monoisotopic (exact) mass is 175 g/mol. The van der Waals surface area contributed by atoms with E-state index in [0.717, 1.165) is 30.5 Å². The average Bonchev–Trinajstić information content (AvgIpc) is 2.56. The molecule has 0 aliphatic carbocycles. The van der Waals surface area contributed by atoms with Gasteiger partial charge in [-0.05, 0) is 6.07 Å². The number of nitrogens with one attached hydrogen (secondary N) is 2. The van der Waals surface area contributed by atoms with Crippen LogP contribution >= 0.6 is 0 Å². The van der Waals surface area contributed by atoms with Gasteiger partial charge in [-0.3, -0.25) is 9.72 Å². The second-order valence-electron chi connectivity index (χ2n) is 2.98. The van der Waals surface area contributed by atoms with Crippen LogP contribution in [0, 0.1) is 0 Å². The molecule has 0 saturated carbocycles. The minimum Gasteiger partial charge on any atom is -0.356 e. The molecule has 2 aromatic heterocycles. The van der Waals surface area contributed by atoms with E-state index in [1.165, 1.54) is 0 Å². The summed E-state index contributed by atoms with van der Waals surface area (Å²) < 4.78 is 1.99. The van der Waals surface area contributed by atoms with Crippen LogP contribution in [-0.4, -0.2) is 21.0 Å². The van der Waals surface area contributed by atoms with Gasteiger partial charge in [0.1, 0.15) is 0 Å². The molecule has 5 nitrogen and oxygen atoms in total. The van der Waals surface area contributed by atoms with Crippen LogP contribution in [-0.2, 0) is 6.54 Å². The number of aromatic nitrogens is 3. The van der Waals surface area contributed by atoms with Gasteiger partial charge in [0.05, 0.1) is 12.4 Å². The van der Waals surface area contributed by atoms with Gasteiger partial charge in [-0.25, -0.2) is 4.98 Å². The fraction of sp³-hybridized carbons (Fsp3) is 0.250. The molecule has 3 heterocycles. The normalized spacial score (nSPS) is 15.4. The molecule has 0 unspecified atom stereocenters. The first-order valence-electron chi connectivity index (χ1n) is 4.22. The SMILES string of the molecule is c1cnc2nc3c(n2c1)CNCN3. The van der Waals surface area contributed by atoms with Crippen molar-refractivity contribution in [3.8, 4) is 0 Å². The molecule has 2 N–H and O–H groups in total. The number of anilines is 1. The molecule has 1 aliphatic rings. The maximum atomic E-state index is 4.35. The second kappa shape index (κ2) is 2.43. The van der Waals surface area contributed by atoms with E-state index in [9.17, 15) is 0 Å². The number of rotatable bonds is 0. The zero-order valence-electron chi connectivity index (χ0n) is 6.99. The minimum absolute atomic E-state index is 0.753. The molecule has 0 bridgehead atoms. The molecule has 0 radical (unpaired) electrons. The van der Waals surface area contributed by atoms with Gasteiger partial charge in [0.15, 0.2) is 5.82 Å². The van der Waals surface area contributed by atoms with Crippen LogP contribution in [0.15, 0.2) is 18.5 Å². The van der Waals surface area contributed by atoms with Gasteiger partial charge in [-0.2, -0.15) is 4.98 Å². The number of nitrogens with zero attached hydrogens (tertiary/aromatic N) is 3. The topological polar surface area (TPSA) is 54.2 Å². The zero-order valence-corrected chi connectivity index (χ0v) is 6.99. The Morgan fingerprint density at radius 2 is 2.46 bits per heavy atom. The largest absolute Gasteiger partial charge is 0.356 e. The summed E-state index contributed by atoms with van der Waals surface area (Å²) in [4.78, 5) is 8.52. The molecular formula is C8H9N5. The number of hydrogen-bond donors (Lipinski definition) is 2. The molecule has 0 aromatic carbocycles. The van der Waals surface area contributed by atoms with Gasteiger partial charge in [-0.15, -0.1) is 0 Å². The molecule has 3 rings (SSSR count). The number of imidazole rings is 1. The molecule has 5 heteroatoms. The van der Waals surface area contributed by atoms with Crippen molar-refractivity contribution in [2.75, 3.05) is 12.0 Å². The van der Waals surface area contributed by atoms with Crippen molar-refractivity contribution >= 4 is 11.6 Å². The van der Waals surface area contributed by atoms with Crippen LogP contribution in [0.5, 0.6) is 0 Å². The number of fused-ring (bicyclic) bond motifs is 3. The lowest BCUT2D eigenvalue weighted by Crippen LogP contribution is -2.27. The summed E-state index contributed by atoms with van der Waals surface area (Å²) in [5, 5.41) is 6.39. The van der Waals surface area contributed by atoms with Crippen molar-refractivity contribution in [1.82, 2.24) is 19.7 Å². The lowest BCUT2D eigenvalue weighted by Gasteiger charge is -2.13. The summed E-state index contributed by atoms with van der Waals surface area (Å²) in [5.74, 6) is 1.70. The fourth-order valence-electron chi connectivity index (χ4n) is 1.57. The Hall–Kier alpha value is -1.62. The average molecular weight is 175 g/mol. The molecule has 66 valence electrons. The van der Waals surface area contributed by atoms with Crippen molar-refractivity contribution in [2.45, 2.75) is 6.54 Å². The van der Waals surface area contributed by atoms with Crippen LogP contribution in [0.25, 0.3) is 5.78 Å². The van der Waals surface area contributed by atoms with Gasteiger partial charge < -0.3 is 5.32 Å². The van der Waals surface area contributed by atoms with Gasteiger partial charge in [0.25, 0.3) is 0 Å². The van der Waals surface area contributed by atoms with Crippen molar-refractivity contribution in [3.05, 3.63) is 24.2 Å². The zero-order chi connectivity index (χ0) is 8.67. The first kappa shape index (κ1) is 6.85. The van der Waals surface area contributed by atoms with Crippen LogP contribution in [0.2, 0.25) is 0 Å². The highest BCUT2D eigenvalue weighted by Crippen LogP contribution is 2.17. The summed E-state index contributed by atoms with van der Waals surface area (Å²) in [5.41, 5.74) is 1.15. The Morgan fingerprint density at radius 3 is 3.46 bits per heavy atom. The van der Waals surface area contributed by atoms with Crippen molar-refractivity contribution in [2.24, 2.45) is 0 Å². The summed E-state index contributed by atoms with van der Waals surface area (Å²) in [6.07, 6.45) is 3.73. The van der Waals surface area contributed by atoms with Crippen molar-refractivity contribution in [3.63, 3.8) is 0 Å². The van der Waals surface area contributed by atoms with E-state index in [0.29, 0.717) is 0 Å². The lowest BCUT2D eigenvalue weighted by molar-refractivity contribution is 0.685. The fourth-order valence-corrected chi connectivity index (χ4v) is 1.57. The highest BCUT2D eigenvalue weighted by molar-refractivity contribution is 5.51. The second-order valence-corrected chi connectivity index (χ2v) is 2.98. The summed E-state index contributed by atoms with van der Waals surface area (Å²) in [6.45, 7) is 1.62. The van der Waals surface area contributed by atoms with Gasteiger partial charge >= 0.3 is 0 Å². The molecule has 1 aliphatic heterocycles. The van der Waals surface area contributed by atoms with E-state index in [4.69, 9.17) is 0 Å². The summed E-state index contributed by atoms with van der Waals surface area (Å²) in [7, 11) is 0. The summed E-state index contributed by atoms with van der Waals surface area (Å²) >= 11 is 0. The first-order chi connectivity index (χ1) is 6.45. The molecule has 0 fully saturated rings. The Balaban J connectivity index is 2.34. The smallest absolute Gasteiger partial charge is 0.236 e. The predicted molar refractivity (Wildman–Crippen MR) is 48.3 cm³/mol. The van der Waals surface area contributed by atoms with E-state index in [1.807, 2.05) is 16.7 Å². The third kappa shape index (κ3) is 0.905. The maximum absolute atomic E-state index is 4.35. The van der Waals surface area contributed by atoms with E-state index in [1.54, 1.807) is 6.20 Å². The van der Waals surface area contributed by atoms with Gasteiger partial charge in [0.2, 0.25) is 5.78 Å². The molecule has 13 heavy (non-hydrogen) atoms. The molecule has 0 atom stereocenters. The Kier molecular flexibility index (Phi) is 1.28. The number of hydrogen-bond acceptors (Lipinski definition) is 4. The van der Waals surface area contributed by atoms with Crippen LogP contribution in [0.3, 0.4) is 0 Å². The molecular weight excluding hydrogens is 166 g/mol. The van der Waals surface area contributed by atoms with E-state index in [-0.39, 0.29) is 0 Å². The van der Waals surface area contributed by atoms with Crippen LogP contribution in [0.4, 0.5) is 5.82 Å². The Morgan fingerprint density at radius 1 is 1.46 bits per heavy atom. The molecule has 2 aromatic rings. The highest BCUT2D eigenvalue weighted by Gasteiger charge is 2.14. The van der Waals surface area contributed by atoms with Crippen LogP contribution in [0.1, 0.15) is 5.69 Å². The predicted octanol–water partition coefficient (Wildman–Crippen LogP) is 0.202.